The molecule has 4 rings (SSSR count). The number of amides is 2. The van der Waals surface area contributed by atoms with E-state index in [0.29, 0.717) is 29.5 Å². The average Bonchev–Trinajstić information content (AvgIpc) is 3.46. The molecule has 0 saturated carbocycles. The lowest BCUT2D eigenvalue weighted by Gasteiger charge is -2.21. The van der Waals surface area contributed by atoms with Gasteiger partial charge in [0.1, 0.15) is 11.4 Å². The van der Waals surface area contributed by atoms with Crippen molar-refractivity contribution in [3.63, 3.8) is 0 Å². The molecule has 0 spiro atoms. The van der Waals surface area contributed by atoms with Gasteiger partial charge in [-0.15, -0.1) is 22.7 Å². The number of rotatable bonds is 8. The second-order valence-corrected chi connectivity index (χ2v) is 10.5. The summed E-state index contributed by atoms with van der Waals surface area (Å²) in [4.78, 5) is 36.7. The van der Waals surface area contributed by atoms with E-state index in [4.69, 9.17) is 0 Å². The van der Waals surface area contributed by atoms with Crippen molar-refractivity contribution >= 4 is 39.4 Å². The van der Waals surface area contributed by atoms with Gasteiger partial charge < -0.3 is 10.6 Å². The van der Waals surface area contributed by atoms with E-state index in [1.807, 2.05) is 55.8 Å². The standard InChI is InChI=1S/C24H27N5O2S2/c1-14(2)12-18(13-25-23(31)20-15(3)26-24-29(20)10-11-32-24)28-22(30)19-21(33-16(4)27-19)17-8-6-5-7-9-17/h5-11,14,18H,12-13H2,1-4H3,(H,25,31)(H,28,30)/t18-/m0/s1. The average molecular weight is 482 g/mol. The van der Waals surface area contributed by atoms with Gasteiger partial charge >= 0.3 is 0 Å². The molecule has 1 aromatic carbocycles. The predicted molar refractivity (Wildman–Crippen MR) is 133 cm³/mol. The lowest BCUT2D eigenvalue weighted by Crippen LogP contribution is -2.44. The molecule has 172 valence electrons. The van der Waals surface area contributed by atoms with Crippen LogP contribution in [-0.2, 0) is 0 Å². The molecule has 3 aromatic heterocycles. The number of benzene rings is 1. The Morgan fingerprint density at radius 3 is 2.58 bits per heavy atom. The molecule has 0 fully saturated rings. The van der Waals surface area contributed by atoms with Gasteiger partial charge in [-0.05, 0) is 31.7 Å². The number of carbonyl (C=O) groups is 2. The van der Waals surface area contributed by atoms with Crippen molar-refractivity contribution in [1.82, 2.24) is 25.0 Å². The molecule has 0 aliphatic rings. The zero-order chi connectivity index (χ0) is 23.5. The van der Waals surface area contributed by atoms with Crippen LogP contribution in [0, 0.1) is 19.8 Å². The highest BCUT2D eigenvalue weighted by Gasteiger charge is 2.23. The van der Waals surface area contributed by atoms with E-state index >= 15 is 0 Å². The van der Waals surface area contributed by atoms with E-state index < -0.39 is 0 Å². The largest absolute Gasteiger partial charge is 0.349 e. The normalized spacial score (nSPS) is 12.3. The van der Waals surface area contributed by atoms with Crippen molar-refractivity contribution in [2.24, 2.45) is 5.92 Å². The SMILES string of the molecule is Cc1nc(C(=O)N[C@H](CNC(=O)c2c(C)nc3sccn23)CC(C)C)c(-c2ccccc2)s1. The second-order valence-electron chi connectivity index (χ2n) is 8.39. The van der Waals surface area contributed by atoms with Gasteiger partial charge in [-0.3, -0.25) is 14.0 Å². The Kier molecular flexibility index (Phi) is 6.90. The van der Waals surface area contributed by atoms with Gasteiger partial charge in [0, 0.05) is 24.2 Å². The molecular weight excluding hydrogens is 454 g/mol. The molecule has 1 atom stereocenters. The van der Waals surface area contributed by atoms with Crippen molar-refractivity contribution < 1.29 is 9.59 Å². The molecule has 3 heterocycles. The molecule has 33 heavy (non-hydrogen) atoms. The van der Waals surface area contributed by atoms with Gasteiger partial charge in [-0.2, -0.15) is 0 Å². The van der Waals surface area contributed by atoms with E-state index in [1.54, 1.807) is 4.40 Å². The number of hydrogen-bond acceptors (Lipinski definition) is 6. The second kappa shape index (κ2) is 9.84. The fourth-order valence-electron chi connectivity index (χ4n) is 3.85. The summed E-state index contributed by atoms with van der Waals surface area (Å²) in [6.45, 7) is 8.25. The van der Waals surface area contributed by atoms with Crippen LogP contribution in [0.15, 0.2) is 41.9 Å². The number of nitrogens with zero attached hydrogens (tertiary/aromatic N) is 3. The van der Waals surface area contributed by atoms with Crippen LogP contribution in [-0.4, -0.2) is 38.8 Å². The van der Waals surface area contributed by atoms with Crippen molar-refractivity contribution in [3.05, 3.63) is 64.0 Å². The Bertz CT molecular complexity index is 1270. The minimum atomic E-state index is -0.224. The highest BCUT2D eigenvalue weighted by atomic mass is 32.1. The maximum atomic E-state index is 13.2. The molecular formula is C24H27N5O2S2. The molecule has 0 aliphatic heterocycles. The van der Waals surface area contributed by atoms with E-state index in [9.17, 15) is 9.59 Å². The van der Waals surface area contributed by atoms with E-state index in [1.165, 1.54) is 22.7 Å². The van der Waals surface area contributed by atoms with Gasteiger partial charge in [-0.25, -0.2) is 9.97 Å². The molecule has 2 N–H and O–H groups in total. The number of carbonyl (C=O) groups excluding carboxylic acids is 2. The van der Waals surface area contributed by atoms with Gasteiger partial charge in [-0.1, -0.05) is 44.2 Å². The first kappa shape index (κ1) is 23.1. The smallest absolute Gasteiger partial charge is 0.271 e. The van der Waals surface area contributed by atoms with Crippen molar-refractivity contribution in [2.45, 2.75) is 40.2 Å². The number of aryl methyl sites for hydroxylation is 2. The summed E-state index contributed by atoms with van der Waals surface area (Å²) in [5.74, 6) is -0.0759. The summed E-state index contributed by atoms with van der Waals surface area (Å²) in [5.41, 5.74) is 2.62. The third-order valence-electron chi connectivity index (χ3n) is 5.24. The number of aromatic nitrogens is 3. The minimum absolute atomic E-state index is 0.198. The molecule has 0 unspecified atom stereocenters. The Balaban J connectivity index is 1.49. The highest BCUT2D eigenvalue weighted by Crippen LogP contribution is 2.30. The summed E-state index contributed by atoms with van der Waals surface area (Å²) in [6, 6.07) is 9.59. The van der Waals surface area contributed by atoms with Crippen LogP contribution in [0.25, 0.3) is 15.4 Å². The molecule has 7 nitrogen and oxygen atoms in total. The predicted octanol–water partition coefficient (Wildman–Crippen LogP) is 4.71. The molecule has 9 heteroatoms. The van der Waals surface area contributed by atoms with Gasteiger partial charge in [0.15, 0.2) is 4.96 Å². The first-order valence-corrected chi connectivity index (χ1v) is 12.6. The van der Waals surface area contributed by atoms with E-state index in [0.717, 1.165) is 26.8 Å². The van der Waals surface area contributed by atoms with E-state index in [2.05, 4.69) is 34.4 Å². The first-order chi connectivity index (χ1) is 15.8. The topological polar surface area (TPSA) is 88.4 Å². The lowest BCUT2D eigenvalue weighted by atomic mass is 10.0. The molecule has 0 saturated heterocycles. The van der Waals surface area contributed by atoms with E-state index in [-0.39, 0.29) is 17.9 Å². The van der Waals surface area contributed by atoms with Crippen LogP contribution in [0.5, 0.6) is 0 Å². The Labute approximate surface area is 200 Å². The number of nitrogens with one attached hydrogen (secondary N) is 2. The zero-order valence-electron chi connectivity index (χ0n) is 19.1. The summed E-state index contributed by atoms with van der Waals surface area (Å²) in [6.07, 6.45) is 2.58. The van der Waals surface area contributed by atoms with Gasteiger partial charge in [0.25, 0.3) is 11.8 Å². The van der Waals surface area contributed by atoms with Crippen molar-refractivity contribution in [3.8, 4) is 10.4 Å². The van der Waals surface area contributed by atoms with Crippen molar-refractivity contribution in [1.29, 1.82) is 0 Å². The Morgan fingerprint density at radius 2 is 1.85 bits per heavy atom. The fraction of sp³-hybridized carbons (Fsp3) is 0.333. The summed E-state index contributed by atoms with van der Waals surface area (Å²) >= 11 is 3.00. The molecule has 4 aromatic rings. The molecule has 2 amide bonds. The first-order valence-electron chi connectivity index (χ1n) is 10.9. The third kappa shape index (κ3) is 5.15. The van der Waals surface area contributed by atoms with Crippen molar-refractivity contribution in [2.75, 3.05) is 6.54 Å². The number of hydrogen-bond donors (Lipinski definition) is 2. The van der Waals surface area contributed by atoms with Crippen LogP contribution in [0.1, 0.15) is 51.9 Å². The molecule has 0 radical (unpaired) electrons. The highest BCUT2D eigenvalue weighted by molar-refractivity contribution is 7.15. The third-order valence-corrected chi connectivity index (χ3v) is 7.01. The zero-order valence-corrected chi connectivity index (χ0v) is 20.7. The summed E-state index contributed by atoms with van der Waals surface area (Å²) in [7, 11) is 0. The van der Waals surface area contributed by atoms with Crippen LogP contribution in [0.2, 0.25) is 0 Å². The quantitative estimate of drug-likeness (QED) is 0.381. The van der Waals surface area contributed by atoms with Crippen LogP contribution in [0.3, 0.4) is 0 Å². The Morgan fingerprint density at radius 1 is 1.09 bits per heavy atom. The number of imidazole rings is 1. The number of thiazole rings is 2. The fourth-order valence-corrected chi connectivity index (χ4v) is 5.53. The van der Waals surface area contributed by atoms with Crippen LogP contribution in [0.4, 0.5) is 0 Å². The monoisotopic (exact) mass is 481 g/mol. The maximum absolute atomic E-state index is 13.2. The van der Waals surface area contributed by atoms with Gasteiger partial charge in [0.2, 0.25) is 0 Å². The summed E-state index contributed by atoms with van der Waals surface area (Å²) in [5, 5.41) is 8.84. The molecule has 0 aliphatic carbocycles. The van der Waals surface area contributed by atoms with Crippen LogP contribution < -0.4 is 10.6 Å². The Hall–Kier alpha value is -3.04. The number of fused-ring (bicyclic) bond motifs is 1. The minimum Gasteiger partial charge on any atom is -0.349 e. The maximum Gasteiger partial charge on any atom is 0.271 e. The molecule has 0 bridgehead atoms. The van der Waals surface area contributed by atoms with Crippen LogP contribution >= 0.6 is 22.7 Å². The lowest BCUT2D eigenvalue weighted by molar-refractivity contribution is 0.0898. The van der Waals surface area contributed by atoms with Gasteiger partial charge in [0.05, 0.1) is 15.6 Å². The summed E-state index contributed by atoms with van der Waals surface area (Å²) < 4.78 is 1.80.